The molecule has 1 aliphatic rings. The molecular formula is C33H37N2O5P. The Kier molecular flexibility index (Phi) is 10.1. The lowest BCUT2D eigenvalue weighted by Crippen LogP contribution is -2.38. The lowest BCUT2D eigenvalue weighted by atomic mass is 10.0. The summed E-state index contributed by atoms with van der Waals surface area (Å²) in [6.07, 6.45) is 10.1. The fraction of sp³-hybridized carbons (Fsp3) is 0.333. The van der Waals surface area contributed by atoms with E-state index >= 15 is 0 Å². The maximum Gasteiger partial charge on any atom is 0.331 e. The number of oxime groups is 1. The fourth-order valence-corrected chi connectivity index (χ4v) is 8.08. The molecule has 0 N–H and O–H groups in total. The fourth-order valence-electron chi connectivity index (χ4n) is 5.25. The van der Waals surface area contributed by atoms with Gasteiger partial charge in [0.05, 0.1) is 0 Å². The number of rotatable bonds is 13. The molecule has 1 aromatic heterocycles. The van der Waals surface area contributed by atoms with Gasteiger partial charge in [0.1, 0.15) is 5.71 Å². The SMILES string of the molecule is CCCCCC/C(=N\OC(C)=O)C(=O)c1cn(CC)c2c1=CC(P(=O)(C(=O)c1ccccc1)c1ccccc1)CC=2. The van der Waals surface area contributed by atoms with Gasteiger partial charge in [-0.15, -0.1) is 0 Å². The van der Waals surface area contributed by atoms with Crippen molar-refractivity contribution in [1.82, 2.24) is 4.57 Å². The summed E-state index contributed by atoms with van der Waals surface area (Å²) in [7, 11) is -3.69. The van der Waals surface area contributed by atoms with E-state index < -0.39 is 24.3 Å². The first kappa shape index (κ1) is 30.1. The highest BCUT2D eigenvalue weighted by Gasteiger charge is 2.41. The van der Waals surface area contributed by atoms with E-state index in [9.17, 15) is 18.9 Å². The van der Waals surface area contributed by atoms with Gasteiger partial charge in [0.15, 0.2) is 7.14 Å². The van der Waals surface area contributed by atoms with Crippen molar-refractivity contribution >= 4 is 47.6 Å². The van der Waals surface area contributed by atoms with E-state index in [-0.39, 0.29) is 11.5 Å². The van der Waals surface area contributed by atoms with E-state index in [1.54, 1.807) is 54.7 Å². The molecule has 0 saturated heterocycles. The van der Waals surface area contributed by atoms with Gasteiger partial charge in [-0.05, 0) is 26.2 Å². The number of hydrogen-bond acceptors (Lipinski definition) is 6. The minimum absolute atomic E-state index is 0.175. The molecule has 41 heavy (non-hydrogen) atoms. The molecule has 0 bridgehead atoms. The van der Waals surface area contributed by atoms with Crippen LogP contribution < -0.4 is 15.9 Å². The molecular weight excluding hydrogens is 535 g/mol. The van der Waals surface area contributed by atoms with E-state index in [1.165, 1.54) is 6.92 Å². The number of benzene rings is 2. The molecule has 0 radical (unpaired) electrons. The Bertz CT molecular complexity index is 1610. The zero-order valence-electron chi connectivity index (χ0n) is 23.9. The van der Waals surface area contributed by atoms with E-state index in [0.717, 1.165) is 31.0 Å². The van der Waals surface area contributed by atoms with Gasteiger partial charge in [-0.2, -0.15) is 0 Å². The normalized spacial score (nSPS) is 16.1. The summed E-state index contributed by atoms with van der Waals surface area (Å²) in [5.41, 5.74) is -0.0735. The number of fused-ring (bicyclic) bond motifs is 1. The summed E-state index contributed by atoms with van der Waals surface area (Å²) >= 11 is 0. The first-order chi connectivity index (χ1) is 19.8. The molecule has 7 nitrogen and oxygen atoms in total. The van der Waals surface area contributed by atoms with Crippen LogP contribution in [0.25, 0.3) is 12.2 Å². The van der Waals surface area contributed by atoms with Crippen LogP contribution in [0.5, 0.6) is 0 Å². The Labute approximate surface area is 241 Å². The van der Waals surface area contributed by atoms with Crippen molar-refractivity contribution in [3.63, 3.8) is 0 Å². The highest BCUT2D eigenvalue weighted by Crippen LogP contribution is 2.54. The standard InChI is InChI=1S/C33H37N2O5P/c1-4-6-7-14-19-30(34-40-24(3)36)32(37)29-23-35(5-2)31-21-20-27(22-28(29)31)41(39,26-17-12-9-13-18-26)33(38)25-15-10-8-11-16-25/h8-13,15-18,21-23,27H,4-7,14,19-20H2,1-3H3/b34-30+. The third-order valence-corrected chi connectivity index (χ3v) is 10.6. The molecule has 4 rings (SSSR count). The smallest absolute Gasteiger partial charge is 0.331 e. The maximum atomic E-state index is 15.0. The predicted octanol–water partition coefficient (Wildman–Crippen LogP) is 5.44. The maximum absolute atomic E-state index is 15.0. The minimum atomic E-state index is -3.69. The predicted molar refractivity (Wildman–Crippen MR) is 163 cm³/mol. The quantitative estimate of drug-likeness (QED) is 0.0679. The van der Waals surface area contributed by atoms with Crippen molar-refractivity contribution in [2.75, 3.05) is 0 Å². The van der Waals surface area contributed by atoms with Crippen molar-refractivity contribution < 1.29 is 23.8 Å². The Hall–Kier alpha value is -3.83. The second-order valence-electron chi connectivity index (χ2n) is 10.2. The molecule has 2 aromatic carbocycles. The average Bonchev–Trinajstić information content (AvgIpc) is 3.38. The van der Waals surface area contributed by atoms with Crippen LogP contribution in [0, 0.1) is 0 Å². The van der Waals surface area contributed by atoms with Crippen LogP contribution in [-0.4, -0.2) is 33.2 Å². The van der Waals surface area contributed by atoms with Gasteiger partial charge >= 0.3 is 5.97 Å². The van der Waals surface area contributed by atoms with E-state index in [2.05, 4.69) is 12.1 Å². The molecule has 0 aliphatic heterocycles. The van der Waals surface area contributed by atoms with Crippen molar-refractivity contribution in [2.45, 2.75) is 71.5 Å². The van der Waals surface area contributed by atoms with Crippen LogP contribution in [0.2, 0.25) is 0 Å². The molecule has 0 saturated carbocycles. The molecule has 0 amide bonds. The number of hydrogen-bond donors (Lipinski definition) is 0. The average molecular weight is 573 g/mol. The van der Waals surface area contributed by atoms with Gasteiger partial charge in [-0.25, -0.2) is 4.79 Å². The number of carbonyl (C=O) groups is 3. The molecule has 1 heterocycles. The molecule has 2 atom stereocenters. The van der Waals surface area contributed by atoms with Crippen LogP contribution in [0.4, 0.5) is 0 Å². The second-order valence-corrected chi connectivity index (χ2v) is 13.1. The number of Topliss-reactive ketones (excluding diaryl/α,β-unsaturated/α-hetero) is 1. The number of nitrogens with zero attached hydrogens (tertiary/aromatic N) is 2. The van der Waals surface area contributed by atoms with Crippen LogP contribution in [0.3, 0.4) is 0 Å². The lowest BCUT2D eigenvalue weighted by Gasteiger charge is -2.25. The van der Waals surface area contributed by atoms with Crippen molar-refractivity contribution in [2.24, 2.45) is 5.16 Å². The monoisotopic (exact) mass is 572 g/mol. The molecule has 0 fully saturated rings. The van der Waals surface area contributed by atoms with Crippen molar-refractivity contribution in [3.8, 4) is 0 Å². The van der Waals surface area contributed by atoms with E-state index in [4.69, 9.17) is 4.84 Å². The summed E-state index contributed by atoms with van der Waals surface area (Å²) in [6, 6.07) is 17.6. The zero-order valence-corrected chi connectivity index (χ0v) is 24.8. The number of aromatic nitrogens is 1. The Balaban J connectivity index is 1.83. The van der Waals surface area contributed by atoms with Crippen LogP contribution in [-0.2, 0) is 20.7 Å². The summed E-state index contributed by atoms with van der Waals surface area (Å²) in [6.45, 7) is 5.96. The number of carbonyl (C=O) groups excluding carboxylic acids is 3. The van der Waals surface area contributed by atoms with Gasteiger partial charge in [-0.1, -0.05) is 104 Å². The zero-order chi connectivity index (χ0) is 29.4. The Morgan fingerprint density at radius 2 is 1.66 bits per heavy atom. The van der Waals surface area contributed by atoms with E-state index in [0.29, 0.717) is 41.0 Å². The molecule has 214 valence electrons. The lowest BCUT2D eigenvalue weighted by molar-refractivity contribution is -0.140. The van der Waals surface area contributed by atoms with Gasteiger partial charge in [0, 0.05) is 52.3 Å². The Morgan fingerprint density at radius 3 is 2.29 bits per heavy atom. The van der Waals surface area contributed by atoms with Gasteiger partial charge in [-0.3, -0.25) is 9.59 Å². The van der Waals surface area contributed by atoms with Gasteiger partial charge in [0.2, 0.25) is 11.3 Å². The van der Waals surface area contributed by atoms with Crippen LogP contribution in [0.1, 0.15) is 80.0 Å². The molecule has 2 unspecified atom stereocenters. The van der Waals surface area contributed by atoms with Gasteiger partial charge < -0.3 is 14.0 Å². The summed E-state index contributed by atoms with van der Waals surface area (Å²) in [5, 5.41) is 5.91. The third-order valence-electron chi connectivity index (χ3n) is 7.40. The Morgan fingerprint density at radius 1 is 0.976 bits per heavy atom. The largest absolute Gasteiger partial charge is 0.347 e. The number of aryl methyl sites for hydroxylation is 1. The first-order valence-corrected chi connectivity index (χ1v) is 16.0. The number of unbranched alkanes of at least 4 members (excludes halogenated alkanes) is 3. The number of ketones is 1. The van der Waals surface area contributed by atoms with E-state index in [1.807, 2.05) is 35.8 Å². The third kappa shape index (κ3) is 6.57. The summed E-state index contributed by atoms with van der Waals surface area (Å²) in [5.74, 6) is -0.930. The molecule has 0 spiro atoms. The van der Waals surface area contributed by atoms with Crippen LogP contribution in [0.15, 0.2) is 72.0 Å². The summed E-state index contributed by atoms with van der Waals surface area (Å²) in [4.78, 5) is 44.3. The highest BCUT2D eigenvalue weighted by molar-refractivity contribution is 7.88. The molecule has 3 aromatic rings. The second kappa shape index (κ2) is 13.7. The topological polar surface area (TPSA) is 94.8 Å². The van der Waals surface area contributed by atoms with Crippen LogP contribution >= 0.6 is 7.14 Å². The molecule has 1 aliphatic carbocycles. The summed E-state index contributed by atoms with van der Waals surface area (Å²) < 4.78 is 17.0. The van der Waals surface area contributed by atoms with Gasteiger partial charge in [0.25, 0.3) is 0 Å². The highest BCUT2D eigenvalue weighted by atomic mass is 31.2. The van der Waals surface area contributed by atoms with Crippen molar-refractivity contribution in [3.05, 3.63) is 88.6 Å². The van der Waals surface area contributed by atoms with Crippen molar-refractivity contribution in [1.29, 1.82) is 0 Å². The first-order valence-electron chi connectivity index (χ1n) is 14.3. The molecule has 8 heteroatoms. The minimum Gasteiger partial charge on any atom is -0.347 e.